The molecule has 3 aromatic rings. The number of benzene rings is 2. The molecule has 2 aromatic carbocycles. The van der Waals surface area contributed by atoms with Crippen LogP contribution >= 0.6 is 0 Å². The van der Waals surface area contributed by atoms with E-state index in [1.165, 1.54) is 35.2 Å². The van der Waals surface area contributed by atoms with Crippen LogP contribution in [0.25, 0.3) is 11.3 Å². The van der Waals surface area contributed by atoms with Gasteiger partial charge in [-0.3, -0.25) is 9.59 Å². The Hall–Kier alpha value is -3.92. The van der Waals surface area contributed by atoms with Crippen LogP contribution in [0.15, 0.2) is 60.7 Å². The lowest BCUT2D eigenvalue weighted by Crippen LogP contribution is -2.46. The number of anilines is 1. The molecule has 2 fully saturated rings. The third kappa shape index (κ3) is 6.57. The van der Waals surface area contributed by atoms with Crippen molar-refractivity contribution in [2.75, 3.05) is 50.8 Å². The number of amides is 2. The van der Waals surface area contributed by atoms with E-state index >= 15 is 0 Å². The Morgan fingerprint density at radius 1 is 0.923 bits per heavy atom. The molecule has 204 valence electrons. The minimum atomic E-state index is -0.607. The molecule has 39 heavy (non-hydrogen) atoms. The fourth-order valence-electron chi connectivity index (χ4n) is 4.99. The first-order valence-corrected chi connectivity index (χ1v) is 13.3. The highest BCUT2D eigenvalue weighted by Gasteiger charge is 2.29. The number of ether oxygens (including phenoxy) is 1. The smallest absolute Gasteiger partial charge is 0.257 e. The zero-order valence-corrected chi connectivity index (χ0v) is 21.6. The Kier molecular flexibility index (Phi) is 8.41. The van der Waals surface area contributed by atoms with E-state index < -0.39 is 11.7 Å². The van der Waals surface area contributed by atoms with Crippen LogP contribution in [0.1, 0.15) is 29.6 Å². The van der Waals surface area contributed by atoms with Crippen molar-refractivity contribution in [2.45, 2.75) is 25.4 Å². The largest absolute Gasteiger partial charge is 0.376 e. The molecule has 3 heterocycles. The summed E-state index contributed by atoms with van der Waals surface area (Å²) in [6.45, 7) is 2.98. The van der Waals surface area contributed by atoms with Gasteiger partial charge >= 0.3 is 0 Å². The molecule has 0 N–H and O–H groups in total. The molecule has 0 bridgehead atoms. The molecule has 2 aliphatic rings. The lowest BCUT2D eigenvalue weighted by Gasteiger charge is -2.28. The predicted molar refractivity (Wildman–Crippen MR) is 142 cm³/mol. The van der Waals surface area contributed by atoms with Gasteiger partial charge in [-0.15, -0.1) is 10.2 Å². The van der Waals surface area contributed by atoms with Crippen LogP contribution in [0.2, 0.25) is 0 Å². The van der Waals surface area contributed by atoms with Crippen molar-refractivity contribution in [3.05, 3.63) is 77.9 Å². The zero-order valence-electron chi connectivity index (χ0n) is 21.6. The van der Waals surface area contributed by atoms with Crippen molar-refractivity contribution in [3.63, 3.8) is 0 Å². The van der Waals surface area contributed by atoms with Crippen molar-refractivity contribution in [2.24, 2.45) is 0 Å². The molecule has 8 nitrogen and oxygen atoms in total. The van der Waals surface area contributed by atoms with Crippen molar-refractivity contribution in [1.29, 1.82) is 0 Å². The summed E-state index contributed by atoms with van der Waals surface area (Å²) in [7, 11) is 0. The normalized spacial score (nSPS) is 17.6. The maximum absolute atomic E-state index is 14.4. The number of hydrogen-bond acceptors (Lipinski definition) is 6. The Morgan fingerprint density at radius 2 is 1.74 bits per heavy atom. The third-order valence-corrected chi connectivity index (χ3v) is 7.13. The molecular weight excluding hydrogens is 504 g/mol. The van der Waals surface area contributed by atoms with E-state index in [4.69, 9.17) is 4.74 Å². The van der Waals surface area contributed by atoms with Crippen LogP contribution in [0.4, 0.5) is 14.6 Å². The van der Waals surface area contributed by atoms with Crippen LogP contribution < -0.4 is 4.90 Å². The van der Waals surface area contributed by atoms with Gasteiger partial charge in [0.2, 0.25) is 5.91 Å². The highest BCUT2D eigenvalue weighted by atomic mass is 19.1. The first-order valence-electron chi connectivity index (χ1n) is 13.3. The molecule has 0 saturated carbocycles. The van der Waals surface area contributed by atoms with Gasteiger partial charge in [0, 0.05) is 44.9 Å². The zero-order chi connectivity index (χ0) is 27.2. The topological polar surface area (TPSA) is 78.9 Å². The van der Waals surface area contributed by atoms with E-state index in [0.717, 1.165) is 24.8 Å². The van der Waals surface area contributed by atoms with Gasteiger partial charge in [0.15, 0.2) is 5.82 Å². The number of aromatic nitrogens is 2. The van der Waals surface area contributed by atoms with Crippen molar-refractivity contribution in [1.82, 2.24) is 20.0 Å². The molecule has 0 spiro atoms. The van der Waals surface area contributed by atoms with Gasteiger partial charge in [0.25, 0.3) is 5.91 Å². The van der Waals surface area contributed by atoms with E-state index in [1.54, 1.807) is 23.1 Å². The SMILES string of the molecule is O=C(CN(C[C@H]1CCCO1)C(=O)c1ccccc1F)N1CCCN(c2ccc(-c3ccc(F)cc3)nn2)CC1. The van der Waals surface area contributed by atoms with Crippen molar-refractivity contribution in [3.8, 4) is 11.3 Å². The summed E-state index contributed by atoms with van der Waals surface area (Å²) in [5.74, 6) is -0.907. The second kappa shape index (κ2) is 12.3. The Balaban J connectivity index is 1.22. The van der Waals surface area contributed by atoms with Crippen molar-refractivity contribution < 1.29 is 23.1 Å². The van der Waals surface area contributed by atoms with Crippen LogP contribution in [0.5, 0.6) is 0 Å². The molecule has 10 heteroatoms. The lowest BCUT2D eigenvalue weighted by atomic mass is 10.1. The Labute approximate surface area is 226 Å². The molecule has 1 aromatic heterocycles. The summed E-state index contributed by atoms with van der Waals surface area (Å²) in [6, 6.07) is 15.6. The minimum Gasteiger partial charge on any atom is -0.376 e. The molecule has 1 atom stereocenters. The number of rotatable bonds is 7. The second-order valence-electron chi connectivity index (χ2n) is 9.81. The average molecular weight is 536 g/mol. The number of hydrogen-bond donors (Lipinski definition) is 0. The van der Waals surface area contributed by atoms with Crippen LogP contribution in [0.3, 0.4) is 0 Å². The van der Waals surface area contributed by atoms with Crippen LogP contribution in [-0.2, 0) is 9.53 Å². The standard InChI is InChI=1S/C29H31F2N5O3/c30-22-10-8-21(9-11-22)26-12-13-27(33-32-26)34-14-4-15-35(17-16-34)28(37)20-36(19-23-5-3-18-39-23)29(38)24-6-1-2-7-25(24)31/h1-2,6-13,23H,3-5,14-20H2/t23-/m1/s1. The van der Waals surface area contributed by atoms with Gasteiger partial charge in [0.05, 0.1) is 17.4 Å². The maximum Gasteiger partial charge on any atom is 0.257 e. The first kappa shape index (κ1) is 26.7. The van der Waals surface area contributed by atoms with E-state index in [1.807, 2.05) is 12.1 Å². The van der Waals surface area contributed by atoms with Gasteiger partial charge < -0.3 is 19.4 Å². The summed E-state index contributed by atoms with van der Waals surface area (Å²) in [5, 5.41) is 8.66. The molecule has 0 radical (unpaired) electrons. The van der Waals surface area contributed by atoms with E-state index in [2.05, 4.69) is 15.1 Å². The molecular formula is C29H31F2N5O3. The molecule has 2 amide bonds. The molecule has 0 aliphatic carbocycles. The first-order chi connectivity index (χ1) is 19.0. The van der Waals surface area contributed by atoms with Crippen molar-refractivity contribution >= 4 is 17.6 Å². The lowest BCUT2D eigenvalue weighted by molar-refractivity contribution is -0.132. The Bertz CT molecular complexity index is 1280. The van der Waals surface area contributed by atoms with Gasteiger partial charge in [-0.1, -0.05) is 12.1 Å². The van der Waals surface area contributed by atoms with Gasteiger partial charge in [-0.05, 0) is 67.8 Å². The average Bonchev–Trinajstić information content (AvgIpc) is 3.34. The summed E-state index contributed by atoms with van der Waals surface area (Å²) < 4.78 is 33.3. The van der Waals surface area contributed by atoms with E-state index in [9.17, 15) is 18.4 Å². The number of halogens is 2. The molecule has 0 unspecified atom stereocenters. The second-order valence-corrected chi connectivity index (χ2v) is 9.81. The monoisotopic (exact) mass is 535 g/mol. The highest BCUT2D eigenvalue weighted by Crippen LogP contribution is 2.21. The predicted octanol–water partition coefficient (Wildman–Crippen LogP) is 3.78. The molecule has 5 rings (SSSR count). The van der Waals surface area contributed by atoms with E-state index in [-0.39, 0.29) is 36.5 Å². The van der Waals surface area contributed by atoms with Gasteiger partial charge in [-0.25, -0.2) is 8.78 Å². The fourth-order valence-corrected chi connectivity index (χ4v) is 4.99. The number of nitrogens with zero attached hydrogens (tertiary/aromatic N) is 5. The summed E-state index contributed by atoms with van der Waals surface area (Å²) in [6.07, 6.45) is 2.26. The van der Waals surface area contributed by atoms with Crippen LogP contribution in [-0.4, -0.2) is 83.8 Å². The van der Waals surface area contributed by atoms with Gasteiger partial charge in [0.1, 0.15) is 18.2 Å². The third-order valence-electron chi connectivity index (χ3n) is 7.13. The highest BCUT2D eigenvalue weighted by molar-refractivity contribution is 5.96. The van der Waals surface area contributed by atoms with Crippen LogP contribution in [0, 0.1) is 11.6 Å². The fraction of sp³-hybridized carbons (Fsp3) is 0.379. The van der Waals surface area contributed by atoms with Gasteiger partial charge in [-0.2, -0.15) is 0 Å². The minimum absolute atomic E-state index is 0.0482. The Morgan fingerprint density at radius 3 is 2.46 bits per heavy atom. The van der Waals surface area contributed by atoms with E-state index in [0.29, 0.717) is 44.3 Å². The summed E-state index contributed by atoms with van der Waals surface area (Å²) >= 11 is 0. The summed E-state index contributed by atoms with van der Waals surface area (Å²) in [5.41, 5.74) is 1.38. The molecule has 2 aliphatic heterocycles. The summed E-state index contributed by atoms with van der Waals surface area (Å²) in [4.78, 5) is 31.8. The maximum atomic E-state index is 14.4. The number of carbonyl (C=O) groups excluding carboxylic acids is 2. The molecule has 2 saturated heterocycles. The number of carbonyl (C=O) groups is 2. The quantitative estimate of drug-likeness (QED) is 0.458.